The van der Waals surface area contributed by atoms with Crippen LogP contribution in [0.15, 0.2) is 24.5 Å². The molecule has 2 aliphatic rings. The molecule has 5 heteroatoms. The van der Waals surface area contributed by atoms with Crippen molar-refractivity contribution in [2.24, 2.45) is 5.92 Å². The second kappa shape index (κ2) is 5.47. The largest absolute Gasteiger partial charge is 0.325 e. The Morgan fingerprint density at radius 1 is 1.38 bits per heavy atom. The number of nitrogens with zero attached hydrogens (tertiary/aromatic N) is 2. The summed E-state index contributed by atoms with van der Waals surface area (Å²) in [6.07, 6.45) is 7.96. The average Bonchev–Trinajstić information content (AvgIpc) is 2.69. The van der Waals surface area contributed by atoms with E-state index >= 15 is 0 Å². The zero-order valence-electron chi connectivity index (χ0n) is 12.3. The molecule has 2 unspecified atom stereocenters. The molecule has 1 aliphatic heterocycles. The molecule has 0 bridgehead atoms. The van der Waals surface area contributed by atoms with Crippen LogP contribution in [0.25, 0.3) is 0 Å². The molecule has 1 aromatic heterocycles. The fourth-order valence-electron chi connectivity index (χ4n) is 3.68. The van der Waals surface area contributed by atoms with Gasteiger partial charge in [-0.15, -0.1) is 0 Å². The topological polar surface area (TPSA) is 62.3 Å². The summed E-state index contributed by atoms with van der Waals surface area (Å²) in [6.45, 7) is 2.74. The van der Waals surface area contributed by atoms with E-state index in [1.54, 1.807) is 17.3 Å². The highest BCUT2D eigenvalue weighted by Gasteiger charge is 2.53. The normalized spacial score (nSPS) is 29.0. The summed E-state index contributed by atoms with van der Waals surface area (Å²) in [5.41, 5.74) is 0.526. The Hall–Kier alpha value is -1.91. The minimum absolute atomic E-state index is 0.103. The number of rotatable bonds is 3. The van der Waals surface area contributed by atoms with Crippen molar-refractivity contribution in [1.29, 1.82) is 0 Å². The predicted molar refractivity (Wildman–Crippen MR) is 78.5 cm³/mol. The van der Waals surface area contributed by atoms with Crippen molar-refractivity contribution in [3.63, 3.8) is 0 Å². The van der Waals surface area contributed by atoms with Crippen molar-refractivity contribution in [3.05, 3.63) is 30.1 Å². The number of hydrogen-bond acceptors (Lipinski definition) is 3. The van der Waals surface area contributed by atoms with Crippen LogP contribution in [-0.2, 0) is 11.2 Å². The third kappa shape index (κ3) is 2.52. The molecule has 0 radical (unpaired) electrons. The average molecular weight is 287 g/mol. The first-order valence-electron chi connectivity index (χ1n) is 7.64. The van der Waals surface area contributed by atoms with Gasteiger partial charge in [0.1, 0.15) is 5.54 Å². The van der Waals surface area contributed by atoms with Crippen LogP contribution in [0.1, 0.15) is 38.2 Å². The molecule has 3 amide bonds. The SMILES string of the molecule is CC1CCCC2(C1)C(=O)NC(=O)N2CCc1ccncc1. The Morgan fingerprint density at radius 3 is 2.86 bits per heavy atom. The second-order valence-electron chi connectivity index (χ2n) is 6.25. The molecule has 2 atom stereocenters. The van der Waals surface area contributed by atoms with Gasteiger partial charge in [-0.25, -0.2) is 4.79 Å². The van der Waals surface area contributed by atoms with E-state index < -0.39 is 5.54 Å². The minimum Gasteiger partial charge on any atom is -0.309 e. The van der Waals surface area contributed by atoms with E-state index in [0.29, 0.717) is 12.5 Å². The van der Waals surface area contributed by atoms with E-state index in [4.69, 9.17) is 0 Å². The lowest BCUT2D eigenvalue weighted by atomic mass is 9.75. The summed E-state index contributed by atoms with van der Waals surface area (Å²) >= 11 is 0. The monoisotopic (exact) mass is 287 g/mol. The van der Waals surface area contributed by atoms with Crippen LogP contribution in [0.3, 0.4) is 0 Å². The molecule has 2 fully saturated rings. The summed E-state index contributed by atoms with van der Waals surface area (Å²) in [4.78, 5) is 30.3. The van der Waals surface area contributed by atoms with Crippen molar-refractivity contribution in [1.82, 2.24) is 15.2 Å². The third-order valence-electron chi connectivity index (χ3n) is 4.75. The van der Waals surface area contributed by atoms with Crippen LogP contribution in [-0.4, -0.2) is 33.9 Å². The molecule has 1 aliphatic carbocycles. The van der Waals surface area contributed by atoms with Crippen molar-refractivity contribution >= 4 is 11.9 Å². The van der Waals surface area contributed by atoms with E-state index in [2.05, 4.69) is 17.2 Å². The van der Waals surface area contributed by atoms with Gasteiger partial charge in [-0.05, 0) is 42.9 Å². The van der Waals surface area contributed by atoms with Gasteiger partial charge in [0.15, 0.2) is 0 Å². The zero-order valence-corrected chi connectivity index (χ0v) is 12.3. The van der Waals surface area contributed by atoms with E-state index in [1.165, 1.54) is 0 Å². The minimum atomic E-state index is -0.609. The van der Waals surface area contributed by atoms with E-state index in [-0.39, 0.29) is 11.9 Å². The number of hydrogen-bond donors (Lipinski definition) is 1. The van der Waals surface area contributed by atoms with Gasteiger partial charge >= 0.3 is 6.03 Å². The van der Waals surface area contributed by atoms with Crippen LogP contribution in [0, 0.1) is 5.92 Å². The summed E-state index contributed by atoms with van der Waals surface area (Å²) in [7, 11) is 0. The first-order valence-corrected chi connectivity index (χ1v) is 7.64. The van der Waals surface area contributed by atoms with Gasteiger partial charge in [-0.2, -0.15) is 0 Å². The number of carbonyl (C=O) groups is 2. The van der Waals surface area contributed by atoms with Crippen molar-refractivity contribution in [2.45, 2.75) is 44.6 Å². The van der Waals surface area contributed by atoms with Gasteiger partial charge in [0.25, 0.3) is 5.91 Å². The quantitative estimate of drug-likeness (QED) is 0.866. The number of pyridine rings is 1. The molecule has 1 spiro atoms. The van der Waals surface area contributed by atoms with E-state index in [1.807, 2.05) is 12.1 Å². The highest BCUT2D eigenvalue weighted by molar-refractivity contribution is 6.07. The zero-order chi connectivity index (χ0) is 14.9. The lowest BCUT2D eigenvalue weighted by molar-refractivity contribution is -0.129. The Labute approximate surface area is 124 Å². The number of aromatic nitrogens is 1. The van der Waals surface area contributed by atoms with E-state index in [0.717, 1.165) is 37.7 Å². The summed E-state index contributed by atoms with van der Waals surface area (Å²) in [5.74, 6) is 0.382. The molecular weight excluding hydrogens is 266 g/mol. The van der Waals surface area contributed by atoms with Gasteiger partial charge in [-0.1, -0.05) is 19.8 Å². The Kier molecular flexibility index (Phi) is 3.66. The van der Waals surface area contributed by atoms with Crippen molar-refractivity contribution in [3.8, 4) is 0 Å². The van der Waals surface area contributed by atoms with Crippen LogP contribution >= 0.6 is 0 Å². The maximum atomic E-state index is 12.3. The maximum absolute atomic E-state index is 12.3. The third-order valence-corrected chi connectivity index (χ3v) is 4.75. The second-order valence-corrected chi connectivity index (χ2v) is 6.25. The van der Waals surface area contributed by atoms with Gasteiger partial charge in [0.2, 0.25) is 0 Å². The molecule has 1 aromatic rings. The van der Waals surface area contributed by atoms with Gasteiger partial charge in [-0.3, -0.25) is 15.1 Å². The highest BCUT2D eigenvalue weighted by Crippen LogP contribution is 2.39. The van der Waals surface area contributed by atoms with Crippen molar-refractivity contribution in [2.75, 3.05) is 6.54 Å². The Bertz CT molecular complexity index is 546. The molecule has 1 saturated carbocycles. The van der Waals surface area contributed by atoms with Crippen LogP contribution in [0.4, 0.5) is 4.79 Å². The lowest BCUT2D eigenvalue weighted by Crippen LogP contribution is -2.53. The van der Waals surface area contributed by atoms with Gasteiger partial charge < -0.3 is 4.90 Å². The first-order chi connectivity index (χ1) is 10.1. The summed E-state index contributed by atoms with van der Waals surface area (Å²) in [5, 5.41) is 2.52. The Morgan fingerprint density at radius 2 is 2.14 bits per heavy atom. The molecule has 5 nitrogen and oxygen atoms in total. The number of carbonyl (C=O) groups excluding carboxylic acids is 2. The number of urea groups is 1. The predicted octanol–water partition coefficient (Wildman–Crippen LogP) is 2.12. The summed E-state index contributed by atoms with van der Waals surface area (Å²) < 4.78 is 0. The molecule has 2 heterocycles. The maximum Gasteiger partial charge on any atom is 0.325 e. The molecule has 1 N–H and O–H groups in total. The smallest absolute Gasteiger partial charge is 0.309 e. The molecule has 0 aromatic carbocycles. The molecule has 112 valence electrons. The van der Waals surface area contributed by atoms with Crippen LogP contribution in [0.2, 0.25) is 0 Å². The number of imide groups is 1. The van der Waals surface area contributed by atoms with Gasteiger partial charge in [0, 0.05) is 18.9 Å². The molecule has 1 saturated heterocycles. The lowest BCUT2D eigenvalue weighted by Gasteiger charge is -2.40. The van der Waals surface area contributed by atoms with Crippen LogP contribution in [0.5, 0.6) is 0 Å². The number of amides is 3. The van der Waals surface area contributed by atoms with Gasteiger partial charge in [0.05, 0.1) is 0 Å². The summed E-state index contributed by atoms with van der Waals surface area (Å²) in [6, 6.07) is 3.67. The standard InChI is InChI=1S/C16H21N3O2/c1-12-3-2-7-16(11-12)14(20)18-15(21)19(16)10-6-13-4-8-17-9-5-13/h4-5,8-9,12H,2-3,6-7,10-11H2,1H3,(H,18,20,21). The highest BCUT2D eigenvalue weighted by atomic mass is 16.2. The van der Waals surface area contributed by atoms with Crippen LogP contribution < -0.4 is 5.32 Å². The molecular formula is C16H21N3O2. The molecule has 3 rings (SSSR count). The molecule has 21 heavy (non-hydrogen) atoms. The fourth-order valence-corrected chi connectivity index (χ4v) is 3.68. The first kappa shape index (κ1) is 14.0. The van der Waals surface area contributed by atoms with E-state index in [9.17, 15) is 9.59 Å². The fraction of sp³-hybridized carbons (Fsp3) is 0.562. The number of nitrogens with one attached hydrogen (secondary N) is 1. The Balaban J connectivity index is 1.78. The van der Waals surface area contributed by atoms with Crippen molar-refractivity contribution < 1.29 is 9.59 Å².